The molecule has 0 saturated heterocycles. The number of nitrogens with zero attached hydrogens (tertiary/aromatic N) is 2. The largest absolute Gasteiger partial charge is 0.497 e. The summed E-state index contributed by atoms with van der Waals surface area (Å²) in [7, 11) is 1.30. The number of methoxy groups -OCH3 is 4. The number of benzene rings is 3. The van der Waals surface area contributed by atoms with Crippen molar-refractivity contribution >= 4 is 39.1 Å². The summed E-state index contributed by atoms with van der Waals surface area (Å²) in [5.74, 6) is 0.472. The van der Waals surface area contributed by atoms with Gasteiger partial charge in [0.05, 0.1) is 39.0 Å². The number of ether oxygens (including phenoxy) is 4. The van der Waals surface area contributed by atoms with Gasteiger partial charge in [-0.3, -0.25) is 13.9 Å². The zero-order chi connectivity index (χ0) is 33.3. The molecule has 0 aliphatic carbocycles. The zero-order valence-electron chi connectivity index (χ0n) is 26.5. The molecule has 0 aliphatic rings. The van der Waals surface area contributed by atoms with Crippen molar-refractivity contribution < 1.29 is 37.0 Å². The Labute approximate surface area is 270 Å². The van der Waals surface area contributed by atoms with Crippen LogP contribution in [-0.4, -0.2) is 72.7 Å². The fourth-order valence-corrected chi connectivity index (χ4v) is 6.04. The van der Waals surface area contributed by atoms with Crippen LogP contribution in [0.1, 0.15) is 26.3 Å². The Morgan fingerprint density at radius 3 is 2.02 bits per heavy atom. The smallest absolute Gasteiger partial charge is 0.265 e. The molecule has 0 radical (unpaired) electrons. The third-order valence-electron chi connectivity index (χ3n) is 7.00. The number of rotatable bonds is 15. The maximum atomic E-state index is 14.3. The number of carbonyl (C=O) groups excluding carboxylic acids is 2. The average molecular weight is 662 g/mol. The van der Waals surface area contributed by atoms with Crippen LogP contribution < -0.4 is 28.6 Å². The van der Waals surface area contributed by atoms with E-state index >= 15 is 0 Å². The summed E-state index contributed by atoms with van der Waals surface area (Å²) in [6, 6.07) is 14.7. The molecule has 0 heterocycles. The molecule has 45 heavy (non-hydrogen) atoms. The van der Waals surface area contributed by atoms with Crippen molar-refractivity contribution in [2.45, 2.75) is 38.3 Å². The normalized spacial score (nSPS) is 11.8. The molecule has 0 bridgehead atoms. The minimum absolute atomic E-state index is 0.0238. The number of nitrogens with one attached hydrogen (secondary N) is 1. The highest BCUT2D eigenvalue weighted by Crippen LogP contribution is 2.37. The summed E-state index contributed by atoms with van der Waals surface area (Å²) in [5.41, 5.74) is 0.747. The van der Waals surface area contributed by atoms with Gasteiger partial charge in [-0.25, -0.2) is 8.42 Å². The van der Waals surface area contributed by atoms with Gasteiger partial charge in [0.25, 0.3) is 10.0 Å². The van der Waals surface area contributed by atoms with Crippen molar-refractivity contribution in [2.24, 2.45) is 5.92 Å². The lowest BCUT2D eigenvalue weighted by molar-refractivity contribution is -0.139. The van der Waals surface area contributed by atoms with Gasteiger partial charge in [0.15, 0.2) is 11.5 Å². The third kappa shape index (κ3) is 8.73. The topological polar surface area (TPSA) is 124 Å². The monoisotopic (exact) mass is 661 g/mol. The fourth-order valence-electron chi connectivity index (χ4n) is 4.44. The van der Waals surface area contributed by atoms with E-state index in [9.17, 15) is 18.0 Å². The summed E-state index contributed by atoms with van der Waals surface area (Å²) in [6.45, 7) is 5.28. The number of sulfonamides is 1. The van der Waals surface area contributed by atoms with Crippen molar-refractivity contribution in [3.05, 3.63) is 71.2 Å². The van der Waals surface area contributed by atoms with Crippen LogP contribution in [0.4, 0.5) is 5.69 Å². The van der Waals surface area contributed by atoms with E-state index in [0.29, 0.717) is 23.6 Å². The molecule has 3 rings (SSSR count). The molecular formula is C32H40ClN3O8S. The first-order valence-electron chi connectivity index (χ1n) is 14.1. The number of anilines is 1. The van der Waals surface area contributed by atoms with E-state index in [1.807, 2.05) is 13.8 Å². The highest BCUT2D eigenvalue weighted by atomic mass is 35.5. The van der Waals surface area contributed by atoms with E-state index in [0.717, 1.165) is 4.31 Å². The molecule has 0 saturated carbocycles. The average Bonchev–Trinajstić information content (AvgIpc) is 3.04. The summed E-state index contributed by atoms with van der Waals surface area (Å²) >= 11 is 6.31. The number of halogens is 1. The van der Waals surface area contributed by atoms with Gasteiger partial charge in [0, 0.05) is 24.2 Å². The number of hydrogen-bond donors (Lipinski definition) is 1. The first kappa shape index (κ1) is 35.3. The van der Waals surface area contributed by atoms with E-state index in [4.69, 9.17) is 30.5 Å². The summed E-state index contributed by atoms with van der Waals surface area (Å²) in [4.78, 5) is 28.6. The van der Waals surface area contributed by atoms with Gasteiger partial charge in [-0.2, -0.15) is 0 Å². The first-order valence-corrected chi connectivity index (χ1v) is 16.0. The van der Waals surface area contributed by atoms with Gasteiger partial charge in [-0.1, -0.05) is 37.6 Å². The van der Waals surface area contributed by atoms with Crippen LogP contribution in [0.2, 0.25) is 5.02 Å². The van der Waals surface area contributed by atoms with Crippen molar-refractivity contribution in [1.82, 2.24) is 10.2 Å². The molecule has 0 spiro atoms. The molecule has 0 unspecified atom stereocenters. The lowest BCUT2D eigenvalue weighted by atomic mass is 10.1. The van der Waals surface area contributed by atoms with Crippen molar-refractivity contribution in [2.75, 3.05) is 45.8 Å². The number of amides is 2. The Bertz CT molecular complexity index is 1580. The van der Waals surface area contributed by atoms with Gasteiger partial charge >= 0.3 is 0 Å². The summed E-state index contributed by atoms with van der Waals surface area (Å²) in [5, 5.41) is 3.09. The SMILES string of the molecule is COc1ccc(CN(C(=O)CN(c2cc(Cl)ccc2OC)S(=O)(=O)c2ccc(OC)c(OC)c2)[C@H](C)C(=O)NCC(C)C)cc1. The van der Waals surface area contributed by atoms with Crippen LogP contribution in [-0.2, 0) is 26.2 Å². The van der Waals surface area contributed by atoms with Gasteiger partial charge in [0.1, 0.15) is 24.1 Å². The molecule has 11 nitrogen and oxygen atoms in total. The predicted octanol–water partition coefficient (Wildman–Crippen LogP) is 4.76. The van der Waals surface area contributed by atoms with E-state index in [2.05, 4.69) is 5.32 Å². The Kier molecular flexibility index (Phi) is 12.3. The molecule has 0 aliphatic heterocycles. The number of carbonyl (C=O) groups is 2. The van der Waals surface area contributed by atoms with Crippen LogP contribution >= 0.6 is 11.6 Å². The van der Waals surface area contributed by atoms with E-state index in [-0.39, 0.29) is 45.5 Å². The van der Waals surface area contributed by atoms with Crippen molar-refractivity contribution in [3.8, 4) is 23.0 Å². The van der Waals surface area contributed by atoms with Crippen molar-refractivity contribution in [3.63, 3.8) is 0 Å². The Hall–Kier alpha value is -4.16. The minimum atomic E-state index is -4.44. The van der Waals surface area contributed by atoms with Gasteiger partial charge in [-0.05, 0) is 60.9 Å². The Morgan fingerprint density at radius 2 is 1.44 bits per heavy atom. The van der Waals surface area contributed by atoms with Crippen LogP contribution in [0, 0.1) is 5.92 Å². The Balaban J connectivity index is 2.12. The quantitative estimate of drug-likeness (QED) is 0.247. The van der Waals surface area contributed by atoms with Crippen LogP contribution in [0.3, 0.4) is 0 Å². The van der Waals surface area contributed by atoms with Gasteiger partial charge in [-0.15, -0.1) is 0 Å². The molecule has 244 valence electrons. The zero-order valence-corrected chi connectivity index (χ0v) is 28.1. The molecule has 2 amide bonds. The molecule has 13 heteroatoms. The first-order chi connectivity index (χ1) is 21.4. The fraction of sp³-hybridized carbons (Fsp3) is 0.375. The predicted molar refractivity (Wildman–Crippen MR) is 173 cm³/mol. The van der Waals surface area contributed by atoms with Gasteiger partial charge in [0.2, 0.25) is 11.8 Å². The lowest BCUT2D eigenvalue weighted by Gasteiger charge is -2.32. The lowest BCUT2D eigenvalue weighted by Crippen LogP contribution is -2.51. The second-order valence-electron chi connectivity index (χ2n) is 10.5. The third-order valence-corrected chi connectivity index (χ3v) is 8.99. The minimum Gasteiger partial charge on any atom is -0.497 e. The molecule has 0 fully saturated rings. The number of hydrogen-bond acceptors (Lipinski definition) is 8. The molecular weight excluding hydrogens is 622 g/mol. The van der Waals surface area contributed by atoms with Crippen LogP contribution in [0.15, 0.2) is 65.6 Å². The van der Waals surface area contributed by atoms with E-state index < -0.39 is 28.5 Å². The molecule has 0 aromatic heterocycles. The Morgan fingerprint density at radius 1 is 0.822 bits per heavy atom. The standard InChI is InChI=1S/C32H40ClN3O8S/c1-21(2)18-34-32(38)22(3)35(19-23-8-11-25(41-4)12-9-23)31(37)20-36(27-16-24(33)10-14-28(27)42-5)45(39,40)26-13-15-29(43-6)30(17-26)44-7/h8-17,21-22H,18-20H2,1-7H3,(H,34,38)/t22-/m1/s1. The summed E-state index contributed by atoms with van der Waals surface area (Å²) < 4.78 is 50.9. The van der Waals surface area contributed by atoms with E-state index in [1.165, 1.54) is 56.6 Å². The van der Waals surface area contributed by atoms with Gasteiger partial charge < -0.3 is 29.2 Å². The van der Waals surface area contributed by atoms with Crippen LogP contribution in [0.5, 0.6) is 23.0 Å². The van der Waals surface area contributed by atoms with Crippen LogP contribution in [0.25, 0.3) is 0 Å². The highest BCUT2D eigenvalue weighted by molar-refractivity contribution is 7.92. The highest BCUT2D eigenvalue weighted by Gasteiger charge is 2.34. The van der Waals surface area contributed by atoms with E-state index in [1.54, 1.807) is 44.4 Å². The molecule has 3 aromatic carbocycles. The van der Waals surface area contributed by atoms with Crippen molar-refractivity contribution in [1.29, 1.82) is 0 Å². The summed E-state index contributed by atoms with van der Waals surface area (Å²) in [6.07, 6.45) is 0. The molecule has 3 aromatic rings. The molecule has 1 N–H and O–H groups in total. The maximum absolute atomic E-state index is 14.3. The second kappa shape index (κ2) is 15.7. The second-order valence-corrected chi connectivity index (χ2v) is 12.8. The molecule has 1 atom stereocenters. The maximum Gasteiger partial charge on any atom is 0.265 e.